The zero-order chi connectivity index (χ0) is 22.3. The quantitative estimate of drug-likeness (QED) is 0.455. The highest BCUT2D eigenvalue weighted by molar-refractivity contribution is 9.10. The van der Waals surface area contributed by atoms with Gasteiger partial charge < -0.3 is 9.80 Å². The monoisotopic (exact) mass is 490 g/mol. The van der Waals surface area contributed by atoms with Gasteiger partial charge in [-0.1, -0.05) is 76.6 Å². The lowest BCUT2D eigenvalue weighted by Crippen LogP contribution is -2.44. The van der Waals surface area contributed by atoms with E-state index in [1.807, 2.05) is 70.5 Å². The highest BCUT2D eigenvalue weighted by atomic mass is 79.9. The van der Waals surface area contributed by atoms with E-state index in [2.05, 4.69) is 40.2 Å². The second-order valence-corrected chi connectivity index (χ2v) is 9.15. The third-order valence-corrected chi connectivity index (χ3v) is 6.50. The van der Waals surface area contributed by atoms with Crippen LogP contribution in [-0.2, 0) is 17.9 Å². The van der Waals surface area contributed by atoms with Crippen molar-refractivity contribution >= 4 is 27.7 Å². The fraction of sp³-hybridized carbons (Fsp3) is 0.259. The second kappa shape index (κ2) is 10.6. The summed E-state index contributed by atoms with van der Waals surface area (Å²) in [5.41, 5.74) is 2.94. The van der Waals surface area contributed by atoms with Gasteiger partial charge in [-0.25, -0.2) is 0 Å². The first-order valence-electron chi connectivity index (χ1n) is 11.0. The van der Waals surface area contributed by atoms with Crippen molar-refractivity contribution in [2.75, 3.05) is 13.1 Å². The molecule has 0 atom stereocenters. The minimum Gasteiger partial charge on any atom is -0.339 e. The van der Waals surface area contributed by atoms with Gasteiger partial charge in [0, 0.05) is 42.1 Å². The van der Waals surface area contributed by atoms with E-state index in [0.29, 0.717) is 44.6 Å². The van der Waals surface area contributed by atoms with Crippen LogP contribution >= 0.6 is 15.9 Å². The molecule has 4 rings (SSSR count). The molecule has 1 heterocycles. The summed E-state index contributed by atoms with van der Waals surface area (Å²) in [5.74, 6) is 0.152. The van der Waals surface area contributed by atoms with Crippen molar-refractivity contribution in [2.24, 2.45) is 5.92 Å². The van der Waals surface area contributed by atoms with Crippen LogP contribution in [0.5, 0.6) is 0 Å². The Hall–Kier alpha value is -2.92. The lowest BCUT2D eigenvalue weighted by Gasteiger charge is -2.34. The largest absolute Gasteiger partial charge is 0.339 e. The highest BCUT2D eigenvalue weighted by Gasteiger charge is 2.30. The molecule has 0 bridgehead atoms. The van der Waals surface area contributed by atoms with Crippen LogP contribution in [0.15, 0.2) is 89.4 Å². The Morgan fingerprint density at radius 3 is 1.78 bits per heavy atom. The summed E-state index contributed by atoms with van der Waals surface area (Å²) in [5, 5.41) is 0. The number of piperidine rings is 1. The third-order valence-electron chi connectivity index (χ3n) is 5.97. The van der Waals surface area contributed by atoms with E-state index in [1.165, 1.54) is 0 Å². The van der Waals surface area contributed by atoms with Crippen LogP contribution in [0.2, 0.25) is 0 Å². The predicted octanol–water partition coefficient (Wildman–Crippen LogP) is 5.53. The van der Waals surface area contributed by atoms with Crippen LogP contribution in [-0.4, -0.2) is 34.7 Å². The van der Waals surface area contributed by atoms with E-state index in [0.717, 1.165) is 15.6 Å². The Labute approximate surface area is 198 Å². The Balaban J connectivity index is 1.42. The van der Waals surface area contributed by atoms with Gasteiger partial charge in [-0.15, -0.1) is 0 Å². The molecule has 1 saturated heterocycles. The van der Waals surface area contributed by atoms with Crippen molar-refractivity contribution in [3.8, 4) is 0 Å². The number of carbonyl (C=O) groups excluding carboxylic acids is 2. The van der Waals surface area contributed by atoms with Gasteiger partial charge in [0.1, 0.15) is 0 Å². The molecule has 0 saturated carbocycles. The van der Waals surface area contributed by atoms with Gasteiger partial charge >= 0.3 is 0 Å². The average Bonchev–Trinajstić information content (AvgIpc) is 2.85. The van der Waals surface area contributed by atoms with Crippen LogP contribution in [0.1, 0.15) is 34.3 Å². The number of hydrogen-bond donors (Lipinski definition) is 0. The number of benzene rings is 3. The lowest BCUT2D eigenvalue weighted by atomic mass is 9.94. The molecule has 1 fully saturated rings. The molecule has 1 aliphatic heterocycles. The van der Waals surface area contributed by atoms with Crippen molar-refractivity contribution in [3.05, 3.63) is 106 Å². The van der Waals surface area contributed by atoms with Gasteiger partial charge in [0.15, 0.2) is 0 Å². The molecule has 3 aromatic carbocycles. The molecule has 32 heavy (non-hydrogen) atoms. The van der Waals surface area contributed by atoms with Crippen LogP contribution < -0.4 is 0 Å². The second-order valence-electron chi connectivity index (χ2n) is 8.24. The molecule has 4 nitrogen and oxygen atoms in total. The molecule has 2 amide bonds. The average molecular weight is 491 g/mol. The fourth-order valence-electron chi connectivity index (χ4n) is 4.18. The standard InChI is InChI=1S/C27H27BrN2O2/c28-25-13-11-23(12-14-25)26(31)29-17-15-24(16-18-29)27(32)30(19-21-7-3-1-4-8-21)20-22-9-5-2-6-10-22/h1-14,24H,15-20H2. The van der Waals surface area contributed by atoms with Crippen LogP contribution in [0.3, 0.4) is 0 Å². The molecule has 0 aliphatic carbocycles. The van der Waals surface area contributed by atoms with E-state index in [4.69, 9.17) is 0 Å². The summed E-state index contributed by atoms with van der Waals surface area (Å²) in [6.07, 6.45) is 1.39. The summed E-state index contributed by atoms with van der Waals surface area (Å²) < 4.78 is 0.954. The summed E-state index contributed by atoms with van der Waals surface area (Å²) in [6, 6.07) is 27.7. The molecular formula is C27H27BrN2O2. The lowest BCUT2D eigenvalue weighted by molar-refractivity contribution is -0.138. The summed E-state index contributed by atoms with van der Waals surface area (Å²) in [4.78, 5) is 30.2. The van der Waals surface area contributed by atoms with Gasteiger partial charge in [0.25, 0.3) is 5.91 Å². The van der Waals surface area contributed by atoms with Crippen LogP contribution in [0.4, 0.5) is 0 Å². The maximum Gasteiger partial charge on any atom is 0.253 e. The maximum absolute atomic E-state index is 13.5. The van der Waals surface area contributed by atoms with Crippen LogP contribution in [0, 0.1) is 5.92 Å². The molecule has 3 aromatic rings. The number of carbonyl (C=O) groups is 2. The third kappa shape index (κ3) is 5.65. The Morgan fingerprint density at radius 2 is 1.28 bits per heavy atom. The molecule has 0 unspecified atom stereocenters. The van der Waals surface area contributed by atoms with Crippen molar-refractivity contribution in [3.63, 3.8) is 0 Å². The zero-order valence-corrected chi connectivity index (χ0v) is 19.6. The number of likely N-dealkylation sites (tertiary alicyclic amines) is 1. The Bertz CT molecular complexity index is 989. The van der Waals surface area contributed by atoms with Gasteiger partial charge in [-0.05, 0) is 48.2 Å². The van der Waals surface area contributed by atoms with E-state index in [9.17, 15) is 9.59 Å². The zero-order valence-electron chi connectivity index (χ0n) is 18.0. The molecule has 164 valence electrons. The highest BCUT2D eigenvalue weighted by Crippen LogP contribution is 2.24. The number of halogens is 1. The Morgan fingerprint density at radius 1 is 0.781 bits per heavy atom. The fourth-order valence-corrected chi connectivity index (χ4v) is 4.45. The minimum atomic E-state index is -0.0589. The van der Waals surface area contributed by atoms with Gasteiger partial charge in [0.2, 0.25) is 5.91 Å². The summed E-state index contributed by atoms with van der Waals surface area (Å²) in [6.45, 7) is 2.39. The van der Waals surface area contributed by atoms with E-state index >= 15 is 0 Å². The topological polar surface area (TPSA) is 40.6 Å². The van der Waals surface area contributed by atoms with Crippen molar-refractivity contribution in [1.29, 1.82) is 0 Å². The van der Waals surface area contributed by atoms with E-state index in [-0.39, 0.29) is 17.7 Å². The molecule has 0 spiro atoms. The van der Waals surface area contributed by atoms with Gasteiger partial charge in [0.05, 0.1) is 0 Å². The SMILES string of the molecule is O=C(c1ccc(Br)cc1)N1CCC(C(=O)N(Cc2ccccc2)Cc2ccccc2)CC1. The first-order valence-corrected chi connectivity index (χ1v) is 11.8. The first kappa shape index (κ1) is 22.3. The predicted molar refractivity (Wildman–Crippen MR) is 130 cm³/mol. The number of nitrogens with zero attached hydrogens (tertiary/aromatic N) is 2. The molecule has 0 radical (unpaired) electrons. The minimum absolute atomic E-state index is 0.0360. The molecule has 5 heteroatoms. The summed E-state index contributed by atoms with van der Waals surface area (Å²) in [7, 11) is 0. The van der Waals surface area contributed by atoms with Crippen molar-refractivity contribution in [2.45, 2.75) is 25.9 Å². The Kier molecular flexibility index (Phi) is 7.38. The molecule has 0 N–H and O–H groups in total. The van der Waals surface area contributed by atoms with Crippen LogP contribution in [0.25, 0.3) is 0 Å². The normalized spacial score (nSPS) is 14.2. The van der Waals surface area contributed by atoms with Gasteiger partial charge in [-0.2, -0.15) is 0 Å². The number of rotatable bonds is 6. The maximum atomic E-state index is 13.5. The summed E-state index contributed by atoms with van der Waals surface area (Å²) >= 11 is 3.41. The van der Waals surface area contributed by atoms with Gasteiger partial charge in [-0.3, -0.25) is 9.59 Å². The number of amides is 2. The number of hydrogen-bond acceptors (Lipinski definition) is 2. The molecular weight excluding hydrogens is 464 g/mol. The van der Waals surface area contributed by atoms with E-state index < -0.39 is 0 Å². The molecule has 0 aromatic heterocycles. The molecule has 1 aliphatic rings. The van der Waals surface area contributed by atoms with Crippen molar-refractivity contribution in [1.82, 2.24) is 9.80 Å². The smallest absolute Gasteiger partial charge is 0.253 e. The van der Waals surface area contributed by atoms with Crippen molar-refractivity contribution < 1.29 is 9.59 Å². The van der Waals surface area contributed by atoms with E-state index in [1.54, 1.807) is 0 Å². The first-order chi connectivity index (χ1) is 15.6.